The van der Waals surface area contributed by atoms with Crippen molar-refractivity contribution in [1.82, 2.24) is 30.1 Å². The molecule has 0 atom stereocenters. The Labute approximate surface area is 278 Å². The first-order valence-corrected chi connectivity index (χ1v) is 17.2. The van der Waals surface area contributed by atoms with Gasteiger partial charge < -0.3 is 32.4 Å². The number of pyridine rings is 1. The van der Waals surface area contributed by atoms with Gasteiger partial charge in [-0.25, -0.2) is 9.97 Å². The van der Waals surface area contributed by atoms with Gasteiger partial charge in [0.1, 0.15) is 11.3 Å². The molecule has 0 saturated carbocycles. The topological polar surface area (TPSA) is 170 Å². The molecule has 8 N–H and O–H groups in total. The molecule has 11 nitrogen and oxygen atoms in total. The van der Waals surface area contributed by atoms with E-state index in [2.05, 4.69) is 62.3 Å². The highest BCUT2D eigenvalue weighted by atomic mass is 16.2. The second kappa shape index (κ2) is 18.9. The Morgan fingerprint density at radius 1 is 0.809 bits per heavy atom. The van der Waals surface area contributed by atoms with Crippen molar-refractivity contribution in [3.8, 4) is 0 Å². The minimum atomic E-state index is 0.0170. The van der Waals surface area contributed by atoms with Crippen molar-refractivity contribution in [2.24, 2.45) is 11.5 Å². The number of carbonyl (C=O) groups is 2. The lowest BCUT2D eigenvalue weighted by Gasteiger charge is -2.22. The van der Waals surface area contributed by atoms with Gasteiger partial charge in [0.05, 0.1) is 11.0 Å². The van der Waals surface area contributed by atoms with Crippen LogP contribution < -0.4 is 27.8 Å². The number of nitrogens with two attached hydrogens (primary N) is 3. The monoisotopic (exact) mass is 643 g/mol. The molecule has 0 spiro atoms. The van der Waals surface area contributed by atoms with E-state index in [0.717, 1.165) is 83.8 Å². The maximum absolute atomic E-state index is 12.5. The zero-order valence-corrected chi connectivity index (χ0v) is 28.0. The van der Waals surface area contributed by atoms with Crippen molar-refractivity contribution in [3.63, 3.8) is 0 Å². The normalized spacial score (nSPS) is 11.5. The summed E-state index contributed by atoms with van der Waals surface area (Å²) in [6.07, 6.45) is 7.26. The van der Waals surface area contributed by atoms with E-state index in [-0.39, 0.29) is 11.8 Å². The lowest BCUT2D eigenvalue weighted by Crippen LogP contribution is -2.34. The molecule has 4 aromatic rings. The number of hydrogen-bond donors (Lipinski definition) is 5. The molecule has 47 heavy (non-hydrogen) atoms. The van der Waals surface area contributed by atoms with E-state index in [9.17, 15) is 9.59 Å². The first kappa shape index (κ1) is 35.8. The van der Waals surface area contributed by atoms with E-state index in [1.54, 1.807) is 0 Å². The van der Waals surface area contributed by atoms with Crippen LogP contribution in [0.1, 0.15) is 75.2 Å². The SMILES string of the molecule is CCCCc1nc2c(N)nc3ccccc3c2n1Cc1ccc(CN(CCC(=O)NCCCCN)CCC(=O)NCCCCN)cc1. The molecule has 4 rings (SSSR count). The van der Waals surface area contributed by atoms with Gasteiger partial charge in [0.15, 0.2) is 5.82 Å². The van der Waals surface area contributed by atoms with Crippen molar-refractivity contribution >= 4 is 39.6 Å². The summed E-state index contributed by atoms with van der Waals surface area (Å²) in [7, 11) is 0. The fourth-order valence-corrected chi connectivity index (χ4v) is 5.75. The Kier molecular flexibility index (Phi) is 14.4. The second-order valence-electron chi connectivity index (χ2n) is 12.2. The van der Waals surface area contributed by atoms with Gasteiger partial charge in [0.25, 0.3) is 0 Å². The molecule has 254 valence electrons. The summed E-state index contributed by atoms with van der Waals surface area (Å²) in [6.45, 7) is 7.14. The van der Waals surface area contributed by atoms with E-state index in [0.29, 0.717) is 71.0 Å². The van der Waals surface area contributed by atoms with Crippen molar-refractivity contribution in [1.29, 1.82) is 0 Å². The molecule has 0 unspecified atom stereocenters. The summed E-state index contributed by atoms with van der Waals surface area (Å²) in [5.41, 5.74) is 22.5. The first-order valence-electron chi connectivity index (χ1n) is 17.2. The number of nitrogen functional groups attached to an aromatic ring is 1. The van der Waals surface area contributed by atoms with Gasteiger partial charge in [0, 0.05) is 63.9 Å². The Hall–Kier alpha value is -4.06. The predicted octanol–water partition coefficient (Wildman–Crippen LogP) is 3.85. The maximum atomic E-state index is 12.5. The highest BCUT2D eigenvalue weighted by Gasteiger charge is 2.18. The molecule has 0 aliphatic carbocycles. The van der Waals surface area contributed by atoms with E-state index >= 15 is 0 Å². The number of unbranched alkanes of at least 4 members (excludes halogenated alkanes) is 3. The van der Waals surface area contributed by atoms with Gasteiger partial charge in [-0.3, -0.25) is 14.5 Å². The summed E-state index contributed by atoms with van der Waals surface area (Å²) in [4.78, 5) is 36.8. The summed E-state index contributed by atoms with van der Waals surface area (Å²) < 4.78 is 2.30. The average molecular weight is 644 g/mol. The third-order valence-electron chi connectivity index (χ3n) is 8.43. The van der Waals surface area contributed by atoms with E-state index in [1.807, 2.05) is 18.2 Å². The number of nitrogens with one attached hydrogen (secondary N) is 2. The van der Waals surface area contributed by atoms with Crippen LogP contribution in [0.5, 0.6) is 0 Å². The molecular weight excluding hydrogens is 590 g/mol. The Morgan fingerprint density at radius 2 is 1.43 bits per heavy atom. The van der Waals surface area contributed by atoms with E-state index in [1.165, 1.54) is 0 Å². The number of aryl methyl sites for hydroxylation is 1. The third kappa shape index (κ3) is 10.7. The number of para-hydroxylation sites is 1. The Morgan fingerprint density at radius 3 is 2.04 bits per heavy atom. The van der Waals surface area contributed by atoms with Crippen LogP contribution in [0.25, 0.3) is 21.9 Å². The van der Waals surface area contributed by atoms with Crippen molar-refractivity contribution in [2.75, 3.05) is 45.0 Å². The van der Waals surface area contributed by atoms with Crippen LogP contribution in [0.3, 0.4) is 0 Å². The molecule has 0 fully saturated rings. The van der Waals surface area contributed by atoms with Crippen molar-refractivity contribution in [2.45, 2.75) is 77.8 Å². The number of benzene rings is 2. The van der Waals surface area contributed by atoms with Crippen LogP contribution in [0.15, 0.2) is 48.5 Å². The minimum absolute atomic E-state index is 0.0170. The Bertz CT molecular complexity index is 1540. The number of fused-ring (bicyclic) bond motifs is 3. The summed E-state index contributed by atoms with van der Waals surface area (Å²) >= 11 is 0. The molecule has 2 aromatic carbocycles. The van der Waals surface area contributed by atoms with Crippen LogP contribution in [0.4, 0.5) is 5.82 Å². The number of aromatic nitrogens is 3. The number of hydrogen-bond acceptors (Lipinski definition) is 8. The number of imidazole rings is 1. The lowest BCUT2D eigenvalue weighted by molar-refractivity contribution is -0.121. The molecule has 2 heterocycles. The van der Waals surface area contributed by atoms with Gasteiger partial charge in [-0.2, -0.15) is 0 Å². The summed E-state index contributed by atoms with van der Waals surface area (Å²) in [5.74, 6) is 1.51. The largest absolute Gasteiger partial charge is 0.382 e. The molecule has 11 heteroatoms. The second-order valence-corrected chi connectivity index (χ2v) is 12.2. The van der Waals surface area contributed by atoms with Crippen LogP contribution in [0.2, 0.25) is 0 Å². The highest BCUT2D eigenvalue weighted by Crippen LogP contribution is 2.30. The molecule has 0 aliphatic heterocycles. The van der Waals surface area contributed by atoms with Gasteiger partial charge in [-0.05, 0) is 62.4 Å². The molecule has 2 amide bonds. The van der Waals surface area contributed by atoms with Crippen LogP contribution in [0, 0.1) is 0 Å². The fourth-order valence-electron chi connectivity index (χ4n) is 5.75. The van der Waals surface area contributed by atoms with Crippen LogP contribution in [-0.2, 0) is 29.1 Å². The van der Waals surface area contributed by atoms with Crippen molar-refractivity contribution < 1.29 is 9.59 Å². The molecule has 2 aromatic heterocycles. The van der Waals surface area contributed by atoms with Gasteiger partial charge in [0.2, 0.25) is 11.8 Å². The summed E-state index contributed by atoms with van der Waals surface area (Å²) in [5, 5.41) is 7.02. The van der Waals surface area contributed by atoms with Gasteiger partial charge in [-0.1, -0.05) is 55.8 Å². The molecule has 0 bridgehead atoms. The minimum Gasteiger partial charge on any atom is -0.382 e. The molecule has 0 radical (unpaired) electrons. The third-order valence-corrected chi connectivity index (χ3v) is 8.43. The van der Waals surface area contributed by atoms with Crippen molar-refractivity contribution in [3.05, 3.63) is 65.5 Å². The van der Waals surface area contributed by atoms with Crippen LogP contribution in [-0.4, -0.2) is 70.5 Å². The van der Waals surface area contributed by atoms with E-state index < -0.39 is 0 Å². The molecule has 0 aliphatic rings. The lowest BCUT2D eigenvalue weighted by atomic mass is 10.1. The van der Waals surface area contributed by atoms with Crippen LogP contribution >= 0.6 is 0 Å². The molecular formula is C36H53N9O2. The maximum Gasteiger partial charge on any atom is 0.221 e. The van der Waals surface area contributed by atoms with Gasteiger partial charge in [-0.15, -0.1) is 0 Å². The smallest absolute Gasteiger partial charge is 0.221 e. The van der Waals surface area contributed by atoms with Gasteiger partial charge >= 0.3 is 0 Å². The number of rotatable bonds is 21. The zero-order valence-electron chi connectivity index (χ0n) is 28.0. The summed E-state index contributed by atoms with van der Waals surface area (Å²) in [6, 6.07) is 16.7. The Balaban J connectivity index is 1.47. The number of amides is 2. The molecule has 0 saturated heterocycles. The number of carbonyl (C=O) groups excluding carboxylic acids is 2. The number of nitrogens with zero attached hydrogens (tertiary/aromatic N) is 4. The first-order chi connectivity index (χ1) is 22.9. The quantitative estimate of drug-likeness (QED) is 0.0853. The standard InChI is InChI=1S/C36H53N9O2/c1-2-3-12-31-43-34-35(29-10-4-5-11-30(29)42-36(34)39)45(31)26-28-15-13-27(14-16-28)25-44(23-17-32(46)40-21-8-6-19-37)24-18-33(47)41-22-9-7-20-38/h4-5,10-11,13-16H,2-3,6-9,12,17-26,37-38H2,1H3,(H2,39,42)(H,40,46)(H,41,47). The highest BCUT2D eigenvalue weighted by molar-refractivity contribution is 6.06. The van der Waals surface area contributed by atoms with E-state index in [4.69, 9.17) is 22.2 Å². The fraction of sp³-hybridized carbons (Fsp3) is 0.500. The predicted molar refractivity (Wildman–Crippen MR) is 191 cm³/mol. The number of anilines is 1. The zero-order chi connectivity index (χ0) is 33.4. The average Bonchev–Trinajstić information content (AvgIpc) is 3.44.